The van der Waals surface area contributed by atoms with E-state index in [2.05, 4.69) is 4.90 Å². The number of nitrogens with zero attached hydrogens (tertiary/aromatic N) is 1. The second-order valence-electron chi connectivity index (χ2n) is 8.03. The summed E-state index contributed by atoms with van der Waals surface area (Å²) in [5.74, 6) is 0.591. The maximum atomic E-state index is 13.2. The molecule has 2 aromatic rings. The van der Waals surface area contributed by atoms with Gasteiger partial charge >= 0.3 is 0 Å². The molecule has 28 heavy (non-hydrogen) atoms. The zero-order valence-electron chi connectivity index (χ0n) is 16.1. The first-order valence-corrected chi connectivity index (χ1v) is 11.9. The van der Waals surface area contributed by atoms with Crippen LogP contribution >= 0.6 is 0 Å². The monoisotopic (exact) mass is 397 g/mol. The molecular weight excluding hydrogens is 370 g/mol. The van der Waals surface area contributed by atoms with Gasteiger partial charge in [-0.3, -0.25) is 4.79 Å². The Morgan fingerprint density at radius 1 is 0.929 bits per heavy atom. The van der Waals surface area contributed by atoms with Crippen LogP contribution in [0.5, 0.6) is 0 Å². The first kappa shape index (κ1) is 19.2. The van der Waals surface area contributed by atoms with Gasteiger partial charge in [-0.2, -0.15) is 0 Å². The molecule has 1 saturated carbocycles. The van der Waals surface area contributed by atoms with Crippen LogP contribution in [0, 0.1) is 5.92 Å². The zero-order valence-corrected chi connectivity index (χ0v) is 16.9. The van der Waals surface area contributed by atoms with Gasteiger partial charge in [0.05, 0.1) is 10.6 Å². The molecule has 4 rings (SSSR count). The van der Waals surface area contributed by atoms with Gasteiger partial charge in [-0.15, -0.1) is 0 Å². The van der Waals surface area contributed by atoms with Crippen LogP contribution in [-0.4, -0.2) is 31.8 Å². The van der Waals surface area contributed by atoms with Crippen molar-refractivity contribution in [2.75, 3.05) is 6.54 Å². The Kier molecular flexibility index (Phi) is 5.54. The van der Waals surface area contributed by atoms with Crippen LogP contribution in [0.2, 0.25) is 0 Å². The molecule has 1 saturated heterocycles. The van der Waals surface area contributed by atoms with Gasteiger partial charge in [-0.25, -0.2) is 8.42 Å². The van der Waals surface area contributed by atoms with Gasteiger partial charge in [-0.1, -0.05) is 43.2 Å². The molecule has 0 radical (unpaired) electrons. The van der Waals surface area contributed by atoms with Crippen molar-refractivity contribution in [1.29, 1.82) is 0 Å². The molecule has 1 amide bonds. The average molecular weight is 398 g/mol. The number of carbonyl (C=O) groups excluding carboxylic acids is 1. The summed E-state index contributed by atoms with van der Waals surface area (Å²) >= 11 is 0. The largest absolute Gasteiger partial charge is 0.335 e. The van der Waals surface area contributed by atoms with Crippen molar-refractivity contribution in [3.8, 4) is 0 Å². The SMILES string of the molecule is O=C(c1cccc(CS(=O)(=O)c2ccccc2)c1)N1CCC[C@H]2CCCC[C@@H]21. The Labute approximate surface area is 167 Å². The second-order valence-corrected chi connectivity index (χ2v) is 10.0. The Morgan fingerprint density at radius 3 is 2.50 bits per heavy atom. The molecule has 1 aliphatic carbocycles. The molecule has 4 nitrogen and oxygen atoms in total. The summed E-state index contributed by atoms with van der Waals surface area (Å²) in [6.07, 6.45) is 7.08. The third kappa shape index (κ3) is 4.00. The molecule has 0 spiro atoms. The maximum absolute atomic E-state index is 13.2. The lowest BCUT2D eigenvalue weighted by Gasteiger charge is -2.44. The molecular formula is C23H27NO3S. The Balaban J connectivity index is 1.54. The third-order valence-corrected chi connectivity index (χ3v) is 7.84. The summed E-state index contributed by atoms with van der Waals surface area (Å²) in [7, 11) is -3.42. The molecule has 2 aromatic carbocycles. The van der Waals surface area contributed by atoms with Crippen molar-refractivity contribution in [3.05, 3.63) is 65.7 Å². The van der Waals surface area contributed by atoms with Crippen molar-refractivity contribution in [2.24, 2.45) is 5.92 Å². The molecule has 0 unspecified atom stereocenters. The van der Waals surface area contributed by atoms with Gasteiger partial charge in [-0.05, 0) is 61.4 Å². The van der Waals surface area contributed by atoms with Gasteiger partial charge in [0, 0.05) is 18.2 Å². The van der Waals surface area contributed by atoms with Gasteiger partial charge < -0.3 is 4.90 Å². The van der Waals surface area contributed by atoms with Crippen LogP contribution in [0.25, 0.3) is 0 Å². The van der Waals surface area contributed by atoms with Crippen molar-refractivity contribution in [2.45, 2.75) is 55.2 Å². The lowest BCUT2D eigenvalue weighted by Crippen LogP contribution is -2.49. The van der Waals surface area contributed by atoms with E-state index in [4.69, 9.17) is 0 Å². The topological polar surface area (TPSA) is 54.5 Å². The number of benzene rings is 2. The van der Waals surface area contributed by atoms with Crippen molar-refractivity contribution >= 4 is 15.7 Å². The minimum absolute atomic E-state index is 0.0514. The standard InChI is InChI=1S/C23H27NO3S/c25-23(24-15-7-11-19-9-4-5-14-22(19)24)20-10-6-8-18(16-20)17-28(26,27)21-12-2-1-3-13-21/h1-3,6,8,10,12-13,16,19,22H,4-5,7,9,11,14-15,17H2/t19-,22+/m1/s1. The average Bonchev–Trinajstić information content (AvgIpc) is 2.73. The summed E-state index contributed by atoms with van der Waals surface area (Å²) in [5, 5.41) is 0. The van der Waals surface area contributed by atoms with Crippen LogP contribution in [0.3, 0.4) is 0 Å². The second kappa shape index (κ2) is 8.08. The fourth-order valence-electron chi connectivity index (χ4n) is 4.77. The molecule has 1 aliphatic heterocycles. The minimum atomic E-state index is -3.42. The van der Waals surface area contributed by atoms with Crippen molar-refractivity contribution in [3.63, 3.8) is 0 Å². The molecule has 2 fully saturated rings. The van der Waals surface area contributed by atoms with E-state index in [0.717, 1.165) is 19.4 Å². The Bertz CT molecular complexity index is 937. The molecule has 148 valence electrons. The fourth-order valence-corrected chi connectivity index (χ4v) is 6.12. The fraction of sp³-hybridized carbons (Fsp3) is 0.435. The van der Waals surface area contributed by atoms with Crippen LogP contribution in [-0.2, 0) is 15.6 Å². The summed E-state index contributed by atoms with van der Waals surface area (Å²) in [4.78, 5) is 15.6. The first-order valence-electron chi connectivity index (χ1n) is 10.2. The van der Waals surface area contributed by atoms with Crippen LogP contribution in [0.4, 0.5) is 0 Å². The predicted molar refractivity (Wildman–Crippen MR) is 110 cm³/mol. The van der Waals surface area contributed by atoms with E-state index in [-0.39, 0.29) is 11.7 Å². The van der Waals surface area contributed by atoms with E-state index in [1.165, 1.54) is 25.7 Å². The lowest BCUT2D eigenvalue weighted by molar-refractivity contribution is 0.0390. The van der Waals surface area contributed by atoms with E-state index >= 15 is 0 Å². The van der Waals surface area contributed by atoms with Crippen LogP contribution in [0.15, 0.2) is 59.5 Å². The molecule has 1 heterocycles. The van der Waals surface area contributed by atoms with E-state index < -0.39 is 9.84 Å². The predicted octanol–water partition coefficient (Wildman–Crippen LogP) is 4.46. The highest BCUT2D eigenvalue weighted by Gasteiger charge is 2.36. The first-order chi connectivity index (χ1) is 13.5. The highest BCUT2D eigenvalue weighted by molar-refractivity contribution is 7.90. The number of likely N-dealkylation sites (tertiary alicyclic amines) is 1. The number of hydrogen-bond acceptors (Lipinski definition) is 3. The quantitative estimate of drug-likeness (QED) is 0.766. The van der Waals surface area contributed by atoms with Crippen LogP contribution < -0.4 is 0 Å². The molecule has 5 heteroatoms. The molecule has 2 aliphatic rings. The smallest absolute Gasteiger partial charge is 0.254 e. The number of hydrogen-bond donors (Lipinski definition) is 0. The highest BCUT2D eigenvalue weighted by Crippen LogP contribution is 2.36. The Morgan fingerprint density at radius 2 is 1.68 bits per heavy atom. The van der Waals surface area contributed by atoms with Crippen molar-refractivity contribution < 1.29 is 13.2 Å². The lowest BCUT2D eigenvalue weighted by atomic mass is 9.78. The highest BCUT2D eigenvalue weighted by atomic mass is 32.2. The molecule has 0 aromatic heterocycles. The summed E-state index contributed by atoms with van der Waals surface area (Å²) in [6.45, 7) is 0.812. The Hall–Kier alpha value is -2.14. The number of piperidine rings is 1. The summed E-state index contributed by atoms with van der Waals surface area (Å²) < 4.78 is 25.4. The molecule has 2 atom stereocenters. The van der Waals surface area contributed by atoms with E-state index in [0.29, 0.717) is 28.0 Å². The normalized spacial score (nSPS) is 22.5. The molecule has 0 bridgehead atoms. The molecule has 0 N–H and O–H groups in total. The van der Waals surface area contributed by atoms with Crippen molar-refractivity contribution in [1.82, 2.24) is 4.90 Å². The van der Waals surface area contributed by atoms with Gasteiger partial charge in [0.25, 0.3) is 5.91 Å². The summed E-state index contributed by atoms with van der Waals surface area (Å²) in [5.41, 5.74) is 1.26. The van der Waals surface area contributed by atoms with Gasteiger partial charge in [0.15, 0.2) is 9.84 Å². The maximum Gasteiger partial charge on any atom is 0.254 e. The minimum Gasteiger partial charge on any atom is -0.335 e. The van der Waals surface area contributed by atoms with E-state index in [1.54, 1.807) is 48.5 Å². The van der Waals surface area contributed by atoms with Gasteiger partial charge in [0.1, 0.15) is 0 Å². The summed E-state index contributed by atoms with van der Waals surface area (Å²) in [6, 6.07) is 16.0. The third-order valence-electron chi connectivity index (χ3n) is 6.14. The number of carbonyl (C=O) groups is 1. The number of rotatable bonds is 4. The van der Waals surface area contributed by atoms with E-state index in [9.17, 15) is 13.2 Å². The van der Waals surface area contributed by atoms with Gasteiger partial charge in [0.2, 0.25) is 0 Å². The van der Waals surface area contributed by atoms with Crippen LogP contribution in [0.1, 0.15) is 54.4 Å². The van der Waals surface area contributed by atoms with E-state index in [1.807, 2.05) is 6.07 Å². The number of fused-ring (bicyclic) bond motifs is 1. The zero-order chi connectivity index (χ0) is 19.6. The number of sulfone groups is 1. The number of amides is 1.